The molecule has 0 unspecified atom stereocenters. The molecule has 0 fully saturated rings. The first-order valence-electron chi connectivity index (χ1n) is 3.87. The molecule has 0 nitrogen and oxygen atoms in total. The molecule has 0 spiro atoms. The van der Waals surface area contributed by atoms with Crippen molar-refractivity contribution >= 4 is 6.08 Å². The van der Waals surface area contributed by atoms with Crippen LogP contribution in [0.15, 0.2) is 36.4 Å². The van der Waals surface area contributed by atoms with Crippen LogP contribution in [0, 0.1) is 0 Å². The van der Waals surface area contributed by atoms with Crippen molar-refractivity contribution in [2.45, 2.75) is 7.40 Å². The molecular weight excluding hydrogens is 146 g/mol. The third-order valence-corrected chi connectivity index (χ3v) is 1.08. The molecule has 60 valence electrons. The summed E-state index contributed by atoms with van der Waals surface area (Å²) < 4.78 is 28.9. The van der Waals surface area contributed by atoms with E-state index in [0.29, 0.717) is 5.56 Å². The Kier molecular flexibility index (Phi) is 3.32. The summed E-state index contributed by atoms with van der Waals surface area (Å²) in [4.78, 5) is 0. The van der Waals surface area contributed by atoms with E-state index in [0.717, 1.165) is 6.08 Å². The third-order valence-electron chi connectivity index (χ3n) is 1.08. The Morgan fingerprint density at radius 2 is 1.82 bits per heavy atom. The molecule has 1 rings (SSSR count). The topological polar surface area (TPSA) is 0 Å². The highest BCUT2D eigenvalue weighted by Gasteiger charge is 1.88. The summed E-state index contributed by atoms with van der Waals surface area (Å²) in [6, 6.07) is 8.47. The van der Waals surface area contributed by atoms with Crippen molar-refractivity contribution in [1.29, 1.82) is 0 Å². The van der Waals surface area contributed by atoms with Crippen LogP contribution in [-0.4, -0.2) is 0 Å². The Hall–Kier alpha value is -1.18. The Balaban J connectivity index is 0.000000561. The minimum Gasteiger partial charge on any atom is -0.173 e. The number of benzene rings is 1. The zero-order chi connectivity index (χ0) is 9.40. The van der Waals surface area contributed by atoms with Crippen LogP contribution in [0.2, 0.25) is 0 Å². The van der Waals surface area contributed by atoms with Gasteiger partial charge in [-0.25, -0.2) is 0 Å². The average molecular weight is 157 g/mol. The summed E-state index contributed by atoms with van der Waals surface area (Å²) in [7, 11) is 1.25. The van der Waals surface area contributed by atoms with Crippen molar-refractivity contribution in [1.82, 2.24) is 0 Å². The SMILES string of the molecule is FC(F)=Cc1ccccc1.[2H]C. The lowest BCUT2D eigenvalue weighted by atomic mass is 10.2. The number of hydrogen-bond acceptors (Lipinski definition) is 0. The van der Waals surface area contributed by atoms with E-state index in [4.69, 9.17) is 1.37 Å². The van der Waals surface area contributed by atoms with Crippen LogP contribution in [0.3, 0.4) is 0 Å². The standard InChI is InChI=1S/C8H6F2.CH4/c9-8(10)6-7-4-2-1-3-5-7;/h1-6H;1H4/i;1D. The first kappa shape index (κ1) is 7.92. The van der Waals surface area contributed by atoms with Gasteiger partial charge in [-0.2, -0.15) is 8.78 Å². The van der Waals surface area contributed by atoms with Gasteiger partial charge in [0.05, 0.1) is 0 Å². The van der Waals surface area contributed by atoms with Crippen LogP contribution in [0.4, 0.5) is 8.78 Å². The molecule has 0 aromatic heterocycles. The van der Waals surface area contributed by atoms with Gasteiger partial charge < -0.3 is 0 Å². The summed E-state index contributed by atoms with van der Waals surface area (Å²) in [5.74, 6) is 0. The molecule has 0 atom stereocenters. The Morgan fingerprint density at radius 1 is 1.27 bits per heavy atom. The van der Waals surface area contributed by atoms with Crippen LogP contribution in [0.25, 0.3) is 6.08 Å². The summed E-state index contributed by atoms with van der Waals surface area (Å²) >= 11 is 0. The third kappa shape index (κ3) is 3.50. The fraction of sp³-hybridized carbons (Fsp3) is 0.111. The van der Waals surface area contributed by atoms with Crippen molar-refractivity contribution in [2.75, 3.05) is 0 Å². The maximum Gasteiger partial charge on any atom is 0.270 e. The highest BCUT2D eigenvalue weighted by molar-refractivity contribution is 5.48. The van der Waals surface area contributed by atoms with Crippen LogP contribution in [0.1, 0.15) is 14.3 Å². The highest BCUT2D eigenvalue weighted by Crippen LogP contribution is 2.07. The van der Waals surface area contributed by atoms with E-state index in [1.54, 1.807) is 30.3 Å². The first-order valence-corrected chi connectivity index (χ1v) is 2.87. The minimum absolute atomic E-state index is 0.530. The number of halogens is 2. The molecule has 0 aliphatic heterocycles. The lowest BCUT2D eigenvalue weighted by molar-refractivity contribution is 0.429. The van der Waals surface area contributed by atoms with E-state index >= 15 is 0 Å². The van der Waals surface area contributed by atoms with Crippen molar-refractivity contribution < 1.29 is 10.2 Å². The number of rotatable bonds is 1. The monoisotopic (exact) mass is 157 g/mol. The Morgan fingerprint density at radius 3 is 2.27 bits per heavy atom. The second kappa shape index (κ2) is 4.61. The van der Waals surface area contributed by atoms with E-state index < -0.39 is 6.08 Å². The molecule has 0 aliphatic carbocycles. The molecule has 0 saturated carbocycles. The van der Waals surface area contributed by atoms with Crippen molar-refractivity contribution in [2.24, 2.45) is 0 Å². The van der Waals surface area contributed by atoms with Gasteiger partial charge in [0.15, 0.2) is 0 Å². The van der Waals surface area contributed by atoms with E-state index in [1.807, 2.05) is 0 Å². The van der Waals surface area contributed by atoms with Crippen LogP contribution < -0.4 is 0 Å². The molecule has 1 aromatic carbocycles. The largest absolute Gasteiger partial charge is 0.270 e. The molecule has 2 heteroatoms. The van der Waals surface area contributed by atoms with Crippen molar-refractivity contribution in [3.8, 4) is 0 Å². The van der Waals surface area contributed by atoms with Crippen LogP contribution >= 0.6 is 0 Å². The highest BCUT2D eigenvalue weighted by atomic mass is 19.3. The zero-order valence-corrected chi connectivity index (χ0v) is 6.22. The lowest BCUT2D eigenvalue weighted by Crippen LogP contribution is -1.67. The molecule has 0 aliphatic rings. The van der Waals surface area contributed by atoms with Gasteiger partial charge in [0, 0.05) is 7.45 Å². The maximum atomic E-state index is 11.6. The fourth-order valence-electron chi connectivity index (χ4n) is 0.675. The molecule has 0 bridgehead atoms. The molecular formula is C9H10F2. The molecule has 0 heterocycles. The minimum atomic E-state index is -1.66. The molecule has 11 heavy (non-hydrogen) atoms. The van der Waals surface area contributed by atoms with Crippen LogP contribution in [0.5, 0.6) is 0 Å². The second-order valence-corrected chi connectivity index (χ2v) is 1.84. The van der Waals surface area contributed by atoms with Gasteiger partial charge in [0.2, 0.25) is 0 Å². The molecule has 1 aromatic rings. The predicted octanol–water partition coefficient (Wildman–Crippen LogP) is 3.56. The summed E-state index contributed by atoms with van der Waals surface area (Å²) in [5.41, 5.74) is 0.530. The normalized spacial score (nSPS) is 8.82. The van der Waals surface area contributed by atoms with Gasteiger partial charge in [0.25, 0.3) is 6.08 Å². The molecule has 0 N–H and O–H groups in total. The van der Waals surface area contributed by atoms with Gasteiger partial charge in [-0.05, 0) is 5.56 Å². The van der Waals surface area contributed by atoms with E-state index in [9.17, 15) is 8.78 Å². The first-order chi connectivity index (χ1) is 5.79. The molecule has 0 amide bonds. The Labute approximate surface area is 66.6 Å². The number of hydrogen-bond donors (Lipinski definition) is 0. The average Bonchev–Trinajstić information content (AvgIpc) is 2.08. The van der Waals surface area contributed by atoms with Gasteiger partial charge in [-0.15, -0.1) is 0 Å². The fourth-order valence-corrected chi connectivity index (χ4v) is 0.675. The van der Waals surface area contributed by atoms with Gasteiger partial charge >= 0.3 is 0 Å². The lowest BCUT2D eigenvalue weighted by Gasteiger charge is -1.87. The van der Waals surface area contributed by atoms with Crippen molar-refractivity contribution in [3.63, 3.8) is 0 Å². The van der Waals surface area contributed by atoms with E-state index in [2.05, 4.69) is 0 Å². The zero-order valence-electron chi connectivity index (χ0n) is 7.22. The van der Waals surface area contributed by atoms with E-state index in [-0.39, 0.29) is 0 Å². The summed E-state index contributed by atoms with van der Waals surface area (Å²) in [5, 5.41) is 0. The molecule has 0 saturated heterocycles. The summed E-state index contributed by atoms with van der Waals surface area (Å²) in [6.45, 7) is 0. The molecule has 0 radical (unpaired) electrons. The van der Waals surface area contributed by atoms with Gasteiger partial charge in [-0.1, -0.05) is 37.7 Å². The van der Waals surface area contributed by atoms with Crippen molar-refractivity contribution in [3.05, 3.63) is 42.0 Å². The smallest absolute Gasteiger partial charge is 0.173 e. The van der Waals surface area contributed by atoms with E-state index in [1.165, 1.54) is 7.40 Å². The van der Waals surface area contributed by atoms with Crippen LogP contribution in [-0.2, 0) is 0 Å². The quantitative estimate of drug-likeness (QED) is 0.584. The second-order valence-electron chi connectivity index (χ2n) is 1.84. The van der Waals surface area contributed by atoms with Gasteiger partial charge in [0.1, 0.15) is 0 Å². The summed E-state index contributed by atoms with van der Waals surface area (Å²) in [6.07, 6.45) is -0.828. The predicted molar refractivity (Wildman–Crippen MR) is 43.4 cm³/mol. The Bertz CT molecular complexity index is 228. The maximum absolute atomic E-state index is 11.6. The van der Waals surface area contributed by atoms with Gasteiger partial charge in [-0.3, -0.25) is 0 Å².